The molecule has 3 rings (SSSR count). The van der Waals surface area contributed by atoms with Gasteiger partial charge in [-0.3, -0.25) is 4.79 Å². The number of hydrogen-bond donors (Lipinski definition) is 2. The largest absolute Gasteiger partial charge is 0.476 e. The summed E-state index contributed by atoms with van der Waals surface area (Å²) in [5, 5.41) is 14.6. The molecule has 2 aromatic carbocycles. The third-order valence-corrected chi connectivity index (χ3v) is 4.43. The first-order chi connectivity index (χ1) is 14.1. The number of fused-ring (bicyclic) bond motifs is 1. The van der Waals surface area contributed by atoms with Gasteiger partial charge in [0, 0.05) is 5.54 Å². The zero-order valence-corrected chi connectivity index (χ0v) is 17.2. The monoisotopic (exact) mass is 410 g/mol. The average molecular weight is 410 g/mol. The van der Waals surface area contributed by atoms with Gasteiger partial charge in [0.1, 0.15) is 11.8 Å². The number of nitrogens with zero attached hydrogens (tertiary/aromatic N) is 2. The molecule has 8 heteroatoms. The molecule has 0 saturated carbocycles. The van der Waals surface area contributed by atoms with E-state index in [-0.39, 0.29) is 35.1 Å². The van der Waals surface area contributed by atoms with Gasteiger partial charge in [-0.2, -0.15) is 5.26 Å². The van der Waals surface area contributed by atoms with Gasteiger partial charge in [-0.05, 0) is 39.3 Å². The molecular weight excluding hydrogens is 387 g/mol. The molecule has 0 fully saturated rings. The molecular formula is C22H23FN4O3. The number of nitrogens with one attached hydrogen (secondary N) is 2. The van der Waals surface area contributed by atoms with Crippen molar-refractivity contribution in [1.29, 1.82) is 5.26 Å². The van der Waals surface area contributed by atoms with Gasteiger partial charge in [0.25, 0.3) is 5.91 Å². The Balaban J connectivity index is 2.04. The van der Waals surface area contributed by atoms with Crippen LogP contribution in [0.2, 0.25) is 0 Å². The van der Waals surface area contributed by atoms with Crippen LogP contribution in [0, 0.1) is 17.1 Å². The molecule has 7 nitrogen and oxygen atoms in total. The van der Waals surface area contributed by atoms with Gasteiger partial charge in [0.2, 0.25) is 0 Å². The molecule has 0 aliphatic carbocycles. The lowest BCUT2D eigenvalue weighted by Gasteiger charge is -2.34. The van der Waals surface area contributed by atoms with Crippen LogP contribution >= 0.6 is 0 Å². The lowest BCUT2D eigenvalue weighted by Crippen LogP contribution is -2.45. The Morgan fingerprint density at radius 1 is 1.30 bits per heavy atom. The first-order valence-electron chi connectivity index (χ1n) is 9.48. The van der Waals surface area contributed by atoms with Crippen molar-refractivity contribution in [3.8, 4) is 11.8 Å². The Morgan fingerprint density at radius 2 is 1.97 bits per heavy atom. The number of carbonyl (C=O) groups is 2. The molecule has 2 aromatic rings. The number of anilines is 2. The highest BCUT2D eigenvalue weighted by Crippen LogP contribution is 2.42. The number of benzene rings is 2. The Labute approximate surface area is 174 Å². The van der Waals surface area contributed by atoms with E-state index in [1.807, 2.05) is 36.4 Å². The first kappa shape index (κ1) is 21.1. The third-order valence-electron chi connectivity index (χ3n) is 4.43. The molecule has 0 radical (unpaired) electrons. The maximum Gasteiger partial charge on any atom is 0.319 e. The van der Waals surface area contributed by atoms with E-state index < -0.39 is 23.5 Å². The number of urea groups is 1. The quantitative estimate of drug-likeness (QED) is 0.802. The van der Waals surface area contributed by atoms with Gasteiger partial charge in [-0.25, -0.2) is 9.18 Å². The molecule has 0 bridgehead atoms. The van der Waals surface area contributed by atoms with Crippen LogP contribution in [0.3, 0.4) is 0 Å². The molecule has 1 atom stereocenters. The summed E-state index contributed by atoms with van der Waals surface area (Å²) in [5.74, 6) is -1.42. The van der Waals surface area contributed by atoms with Crippen molar-refractivity contribution in [2.45, 2.75) is 45.9 Å². The van der Waals surface area contributed by atoms with E-state index in [1.54, 1.807) is 20.8 Å². The Hall–Kier alpha value is -3.60. The molecule has 1 aliphatic heterocycles. The second kappa shape index (κ2) is 8.03. The number of rotatable bonds is 3. The van der Waals surface area contributed by atoms with Crippen LogP contribution in [0.25, 0.3) is 0 Å². The number of halogens is 1. The lowest BCUT2D eigenvalue weighted by atomic mass is 10.1. The molecule has 1 heterocycles. The SMILES string of the molecule is C[C@H]1Oc2c(cc(C#N)c(NC(=O)NC(C)(C)C)c2F)N(Cc2ccccc2)C1=O. The van der Waals surface area contributed by atoms with E-state index in [9.17, 15) is 14.9 Å². The predicted octanol–water partition coefficient (Wildman–Crippen LogP) is 3.93. The van der Waals surface area contributed by atoms with Crippen LogP contribution in [-0.4, -0.2) is 23.6 Å². The highest BCUT2D eigenvalue weighted by molar-refractivity contribution is 6.01. The van der Waals surface area contributed by atoms with Crippen molar-refractivity contribution in [2.24, 2.45) is 0 Å². The fourth-order valence-corrected chi connectivity index (χ4v) is 3.12. The van der Waals surface area contributed by atoms with Crippen LogP contribution in [-0.2, 0) is 11.3 Å². The topological polar surface area (TPSA) is 94.5 Å². The summed E-state index contributed by atoms with van der Waals surface area (Å²) in [6, 6.07) is 11.8. The lowest BCUT2D eigenvalue weighted by molar-refractivity contribution is -0.125. The van der Waals surface area contributed by atoms with E-state index in [2.05, 4.69) is 10.6 Å². The van der Waals surface area contributed by atoms with Gasteiger partial charge in [0.05, 0.1) is 17.8 Å². The second-order valence-corrected chi connectivity index (χ2v) is 8.07. The average Bonchev–Trinajstić information content (AvgIpc) is 2.67. The number of carbonyl (C=O) groups excluding carboxylic acids is 2. The van der Waals surface area contributed by atoms with Crippen molar-refractivity contribution in [3.05, 3.63) is 53.3 Å². The summed E-state index contributed by atoms with van der Waals surface area (Å²) in [6.45, 7) is 7.05. The highest BCUT2D eigenvalue weighted by Gasteiger charge is 2.36. The Kier molecular flexibility index (Phi) is 5.65. The maximum atomic E-state index is 15.4. The van der Waals surface area contributed by atoms with Crippen molar-refractivity contribution in [3.63, 3.8) is 0 Å². The molecule has 0 unspecified atom stereocenters. The zero-order chi connectivity index (χ0) is 22.1. The fraction of sp³-hybridized carbons (Fsp3) is 0.318. The van der Waals surface area contributed by atoms with Crippen LogP contribution in [0.5, 0.6) is 5.75 Å². The minimum absolute atomic E-state index is 0.112. The Morgan fingerprint density at radius 3 is 2.57 bits per heavy atom. The van der Waals surface area contributed by atoms with Crippen LogP contribution < -0.4 is 20.3 Å². The normalized spacial score (nSPS) is 15.7. The second-order valence-electron chi connectivity index (χ2n) is 8.07. The number of nitriles is 1. The molecule has 30 heavy (non-hydrogen) atoms. The molecule has 3 amide bonds. The number of ether oxygens (including phenoxy) is 1. The fourth-order valence-electron chi connectivity index (χ4n) is 3.12. The van der Waals surface area contributed by atoms with Gasteiger partial charge < -0.3 is 20.3 Å². The molecule has 156 valence electrons. The highest BCUT2D eigenvalue weighted by atomic mass is 19.1. The smallest absolute Gasteiger partial charge is 0.319 e. The van der Waals surface area contributed by atoms with E-state index in [0.717, 1.165) is 5.56 Å². The summed E-state index contributed by atoms with van der Waals surface area (Å²) in [7, 11) is 0. The third kappa shape index (κ3) is 4.35. The molecule has 0 spiro atoms. The minimum atomic E-state index is -0.917. The molecule has 0 saturated heterocycles. The number of amides is 3. The molecule has 2 N–H and O–H groups in total. The van der Waals surface area contributed by atoms with Crippen molar-refractivity contribution in [1.82, 2.24) is 5.32 Å². The van der Waals surface area contributed by atoms with Crippen LogP contribution in [0.15, 0.2) is 36.4 Å². The molecule has 1 aliphatic rings. The summed E-state index contributed by atoms with van der Waals surface area (Å²) >= 11 is 0. The van der Waals surface area contributed by atoms with Crippen LogP contribution in [0.4, 0.5) is 20.6 Å². The van der Waals surface area contributed by atoms with Gasteiger partial charge >= 0.3 is 6.03 Å². The molecule has 0 aromatic heterocycles. The van der Waals surface area contributed by atoms with Gasteiger partial charge in [-0.1, -0.05) is 30.3 Å². The summed E-state index contributed by atoms with van der Waals surface area (Å²) < 4.78 is 20.9. The standard InChI is InChI=1S/C22H23FN4O3/c1-13-20(28)27(12-14-8-6-5-7-9-14)16-10-15(11-24)18(17(23)19(16)30-13)25-21(29)26-22(2,3)4/h5-10,13H,12H2,1-4H3,(H2,25,26,29)/t13-/m1/s1. The summed E-state index contributed by atoms with van der Waals surface area (Å²) in [6.07, 6.45) is -0.917. The van der Waals surface area contributed by atoms with Gasteiger partial charge in [0.15, 0.2) is 17.7 Å². The number of hydrogen-bond acceptors (Lipinski definition) is 4. The minimum Gasteiger partial charge on any atom is -0.476 e. The Bertz CT molecular complexity index is 1030. The van der Waals surface area contributed by atoms with E-state index in [0.29, 0.717) is 0 Å². The van der Waals surface area contributed by atoms with E-state index in [4.69, 9.17) is 4.74 Å². The predicted molar refractivity (Wildman–Crippen MR) is 111 cm³/mol. The zero-order valence-electron chi connectivity index (χ0n) is 17.2. The van der Waals surface area contributed by atoms with E-state index in [1.165, 1.54) is 17.9 Å². The van der Waals surface area contributed by atoms with Crippen LogP contribution in [0.1, 0.15) is 38.8 Å². The summed E-state index contributed by atoms with van der Waals surface area (Å²) in [5.41, 5.74) is 0.0405. The van der Waals surface area contributed by atoms with Crippen molar-refractivity contribution in [2.75, 3.05) is 10.2 Å². The summed E-state index contributed by atoms with van der Waals surface area (Å²) in [4.78, 5) is 26.4. The van der Waals surface area contributed by atoms with Crippen molar-refractivity contribution >= 4 is 23.3 Å². The maximum absolute atomic E-state index is 15.4. The van der Waals surface area contributed by atoms with E-state index >= 15 is 4.39 Å². The van der Waals surface area contributed by atoms with Crippen molar-refractivity contribution < 1.29 is 18.7 Å². The van der Waals surface area contributed by atoms with Gasteiger partial charge in [-0.15, -0.1) is 0 Å². The first-order valence-corrected chi connectivity index (χ1v) is 9.48.